The Hall–Kier alpha value is -2.16. The molecule has 3 nitrogen and oxygen atoms in total. The molecule has 0 atom stereocenters. The number of benzene rings is 1. The summed E-state index contributed by atoms with van der Waals surface area (Å²) >= 11 is 0. The number of aromatic nitrogens is 1. The van der Waals surface area contributed by atoms with Crippen LogP contribution in [0.15, 0.2) is 42.7 Å². The van der Waals surface area contributed by atoms with Crippen LogP contribution in [-0.4, -0.2) is 10.9 Å². The fraction of sp³-hybridized carbons (Fsp3) is 0.294. The van der Waals surface area contributed by atoms with E-state index in [1.807, 2.05) is 31.2 Å². The molecule has 1 aromatic heterocycles. The van der Waals surface area contributed by atoms with Gasteiger partial charge in [-0.3, -0.25) is 9.78 Å². The number of nitrogens with zero attached hydrogens (tertiary/aromatic N) is 1. The lowest BCUT2D eigenvalue weighted by Crippen LogP contribution is -2.23. The molecule has 0 spiro atoms. The maximum atomic E-state index is 12.3. The summed E-state index contributed by atoms with van der Waals surface area (Å²) in [4.78, 5) is 16.2. The molecule has 1 aromatic carbocycles. The van der Waals surface area contributed by atoms with Crippen molar-refractivity contribution in [3.8, 4) is 0 Å². The van der Waals surface area contributed by atoms with Crippen molar-refractivity contribution in [3.05, 3.63) is 65.0 Å². The van der Waals surface area contributed by atoms with E-state index >= 15 is 0 Å². The van der Waals surface area contributed by atoms with Crippen molar-refractivity contribution in [2.75, 3.05) is 0 Å². The van der Waals surface area contributed by atoms with Gasteiger partial charge in [-0.15, -0.1) is 0 Å². The largest absolute Gasteiger partial charge is 0.348 e. The van der Waals surface area contributed by atoms with E-state index in [4.69, 9.17) is 0 Å². The van der Waals surface area contributed by atoms with Gasteiger partial charge < -0.3 is 5.32 Å². The molecular weight excluding hydrogens is 248 g/mol. The van der Waals surface area contributed by atoms with Crippen LogP contribution in [0.5, 0.6) is 0 Å². The van der Waals surface area contributed by atoms with Gasteiger partial charge in [-0.1, -0.05) is 26.0 Å². The van der Waals surface area contributed by atoms with E-state index in [1.54, 1.807) is 12.4 Å². The second kappa shape index (κ2) is 6.33. The summed E-state index contributed by atoms with van der Waals surface area (Å²) in [5.41, 5.74) is 3.99. The smallest absolute Gasteiger partial charge is 0.251 e. The minimum atomic E-state index is -0.0261. The van der Waals surface area contributed by atoms with E-state index in [9.17, 15) is 4.79 Å². The van der Waals surface area contributed by atoms with Crippen LogP contribution in [0.3, 0.4) is 0 Å². The van der Waals surface area contributed by atoms with Gasteiger partial charge in [0.05, 0.1) is 0 Å². The molecule has 0 aliphatic heterocycles. The highest BCUT2D eigenvalue weighted by atomic mass is 16.1. The number of pyridine rings is 1. The van der Waals surface area contributed by atoms with E-state index in [1.165, 1.54) is 5.56 Å². The fourth-order valence-corrected chi connectivity index (χ4v) is 2.02. The number of hydrogen-bond acceptors (Lipinski definition) is 2. The van der Waals surface area contributed by atoms with Crippen LogP contribution < -0.4 is 5.32 Å². The molecule has 0 radical (unpaired) electrons. The molecule has 104 valence electrons. The second-order valence-electron chi connectivity index (χ2n) is 5.27. The first-order chi connectivity index (χ1) is 9.58. The average Bonchev–Trinajstić information content (AvgIpc) is 2.46. The molecule has 1 heterocycles. The van der Waals surface area contributed by atoms with E-state index in [2.05, 4.69) is 30.2 Å². The molecule has 0 saturated carbocycles. The second-order valence-corrected chi connectivity index (χ2v) is 5.27. The summed E-state index contributed by atoms with van der Waals surface area (Å²) in [6.45, 7) is 6.74. The Morgan fingerprint density at radius 2 is 1.90 bits per heavy atom. The van der Waals surface area contributed by atoms with Crippen LogP contribution in [-0.2, 0) is 6.54 Å². The molecule has 0 aliphatic carbocycles. The first-order valence-corrected chi connectivity index (χ1v) is 6.85. The number of rotatable bonds is 4. The van der Waals surface area contributed by atoms with Crippen LogP contribution in [0.25, 0.3) is 0 Å². The average molecular weight is 268 g/mol. The van der Waals surface area contributed by atoms with E-state index in [0.29, 0.717) is 12.5 Å². The number of nitrogens with one attached hydrogen (secondary N) is 1. The lowest BCUT2D eigenvalue weighted by molar-refractivity contribution is 0.0950. The van der Waals surface area contributed by atoms with Crippen LogP contribution >= 0.6 is 0 Å². The number of amides is 1. The molecule has 3 heteroatoms. The van der Waals surface area contributed by atoms with Crippen molar-refractivity contribution in [2.45, 2.75) is 33.2 Å². The van der Waals surface area contributed by atoms with Gasteiger partial charge in [-0.05, 0) is 47.7 Å². The molecule has 0 bridgehead atoms. The van der Waals surface area contributed by atoms with Gasteiger partial charge in [0.1, 0.15) is 0 Å². The number of carbonyl (C=O) groups excluding carboxylic acids is 1. The summed E-state index contributed by atoms with van der Waals surface area (Å²) in [6, 6.07) is 9.88. The third-order valence-electron chi connectivity index (χ3n) is 3.38. The van der Waals surface area contributed by atoms with Crippen LogP contribution in [0.1, 0.15) is 46.8 Å². The fourth-order valence-electron chi connectivity index (χ4n) is 2.02. The Labute approximate surface area is 120 Å². The Bertz CT molecular complexity index is 591. The number of carbonyl (C=O) groups is 1. The maximum absolute atomic E-state index is 12.3. The number of aryl methyl sites for hydroxylation is 1. The summed E-state index contributed by atoms with van der Waals surface area (Å²) in [6.07, 6.45) is 3.46. The van der Waals surface area contributed by atoms with Gasteiger partial charge in [-0.25, -0.2) is 0 Å². The minimum absolute atomic E-state index is 0.0261. The van der Waals surface area contributed by atoms with Crippen molar-refractivity contribution >= 4 is 5.91 Å². The Balaban J connectivity index is 2.11. The number of hydrogen-bond donors (Lipinski definition) is 1. The summed E-state index contributed by atoms with van der Waals surface area (Å²) in [5.74, 6) is 0.393. The molecule has 2 aromatic rings. The lowest BCUT2D eigenvalue weighted by atomic mass is 9.97. The van der Waals surface area contributed by atoms with Crippen molar-refractivity contribution in [2.24, 2.45) is 0 Å². The Kier molecular flexibility index (Phi) is 4.51. The van der Waals surface area contributed by atoms with Crippen molar-refractivity contribution in [1.82, 2.24) is 10.3 Å². The monoisotopic (exact) mass is 268 g/mol. The molecule has 1 amide bonds. The summed E-state index contributed by atoms with van der Waals surface area (Å²) in [5, 5.41) is 2.96. The zero-order chi connectivity index (χ0) is 14.5. The van der Waals surface area contributed by atoms with Crippen molar-refractivity contribution in [3.63, 3.8) is 0 Å². The zero-order valence-electron chi connectivity index (χ0n) is 12.2. The van der Waals surface area contributed by atoms with E-state index in [-0.39, 0.29) is 5.91 Å². The van der Waals surface area contributed by atoms with Crippen molar-refractivity contribution in [1.29, 1.82) is 0 Å². The van der Waals surface area contributed by atoms with Gasteiger partial charge in [0.15, 0.2) is 0 Å². The summed E-state index contributed by atoms with van der Waals surface area (Å²) < 4.78 is 0. The molecule has 0 fully saturated rings. The lowest BCUT2D eigenvalue weighted by Gasteiger charge is -2.11. The van der Waals surface area contributed by atoms with Crippen LogP contribution in [0, 0.1) is 6.92 Å². The summed E-state index contributed by atoms with van der Waals surface area (Å²) in [7, 11) is 0. The highest BCUT2D eigenvalue weighted by Crippen LogP contribution is 2.18. The molecule has 0 aliphatic rings. The molecule has 0 saturated heterocycles. The van der Waals surface area contributed by atoms with Gasteiger partial charge in [0, 0.05) is 24.5 Å². The molecule has 20 heavy (non-hydrogen) atoms. The topological polar surface area (TPSA) is 42.0 Å². The van der Waals surface area contributed by atoms with Gasteiger partial charge >= 0.3 is 0 Å². The quantitative estimate of drug-likeness (QED) is 0.923. The Morgan fingerprint density at radius 1 is 1.20 bits per heavy atom. The maximum Gasteiger partial charge on any atom is 0.251 e. The first kappa shape index (κ1) is 14.3. The van der Waals surface area contributed by atoms with Crippen molar-refractivity contribution < 1.29 is 4.79 Å². The third kappa shape index (κ3) is 3.44. The SMILES string of the molecule is Cc1ccc(C(C)C)cc1C(=O)NCc1ccncc1. The van der Waals surface area contributed by atoms with E-state index in [0.717, 1.165) is 16.7 Å². The van der Waals surface area contributed by atoms with Gasteiger partial charge in [-0.2, -0.15) is 0 Å². The molecule has 2 rings (SSSR count). The minimum Gasteiger partial charge on any atom is -0.348 e. The highest BCUT2D eigenvalue weighted by Gasteiger charge is 2.11. The van der Waals surface area contributed by atoms with Crippen LogP contribution in [0.2, 0.25) is 0 Å². The first-order valence-electron chi connectivity index (χ1n) is 6.85. The molecule has 1 N–H and O–H groups in total. The van der Waals surface area contributed by atoms with Gasteiger partial charge in [0.25, 0.3) is 5.91 Å². The molecular formula is C17H20N2O. The highest BCUT2D eigenvalue weighted by molar-refractivity contribution is 5.95. The standard InChI is InChI=1S/C17H20N2O/c1-12(2)15-5-4-13(3)16(10-15)17(20)19-11-14-6-8-18-9-7-14/h4-10,12H,11H2,1-3H3,(H,19,20). The van der Waals surface area contributed by atoms with E-state index < -0.39 is 0 Å². The predicted molar refractivity (Wildman–Crippen MR) is 80.7 cm³/mol. The van der Waals surface area contributed by atoms with Gasteiger partial charge in [0.2, 0.25) is 0 Å². The van der Waals surface area contributed by atoms with Crippen LogP contribution in [0.4, 0.5) is 0 Å². The predicted octanol–water partition coefficient (Wildman–Crippen LogP) is 3.44. The Morgan fingerprint density at radius 3 is 2.55 bits per heavy atom. The normalized spacial score (nSPS) is 10.6. The third-order valence-corrected chi connectivity index (χ3v) is 3.38. The zero-order valence-corrected chi connectivity index (χ0v) is 12.2. The molecule has 0 unspecified atom stereocenters.